The molecule has 1 aliphatic carbocycles. The molecule has 0 bridgehead atoms. The lowest BCUT2D eigenvalue weighted by Crippen LogP contribution is -2.30. The first-order valence-corrected chi connectivity index (χ1v) is 10.9. The molecule has 28 heavy (non-hydrogen) atoms. The smallest absolute Gasteiger partial charge is 0.242 e. The minimum Gasteiger partial charge on any atom is -0.349 e. The summed E-state index contributed by atoms with van der Waals surface area (Å²) in [7, 11) is -2.25. The number of halogens is 2. The lowest BCUT2D eigenvalue weighted by molar-refractivity contribution is -0.122. The highest BCUT2D eigenvalue weighted by Crippen LogP contribution is 2.32. The first-order valence-electron chi connectivity index (χ1n) is 9.07. The van der Waals surface area contributed by atoms with Crippen LogP contribution in [0.15, 0.2) is 47.4 Å². The Morgan fingerprint density at radius 1 is 1.25 bits per heavy atom. The fraction of sp³-hybridized carbons (Fsp3) is 0.350. The number of carbonyl (C=O) groups excluding carboxylic acids is 1. The normalized spacial score (nSPS) is 16.2. The summed E-state index contributed by atoms with van der Waals surface area (Å²) in [6.07, 6.45) is 2.32. The van der Waals surface area contributed by atoms with Crippen LogP contribution in [0.4, 0.5) is 4.39 Å². The number of rotatable bonds is 7. The maximum Gasteiger partial charge on any atom is 0.242 e. The second-order valence-electron chi connectivity index (χ2n) is 6.89. The molecule has 1 aliphatic rings. The van der Waals surface area contributed by atoms with Gasteiger partial charge in [0, 0.05) is 25.0 Å². The van der Waals surface area contributed by atoms with Gasteiger partial charge in [0.1, 0.15) is 5.82 Å². The van der Waals surface area contributed by atoms with Crippen LogP contribution in [0.1, 0.15) is 36.4 Å². The predicted molar refractivity (Wildman–Crippen MR) is 106 cm³/mol. The second-order valence-corrected chi connectivity index (χ2v) is 9.37. The molecule has 1 atom stereocenters. The van der Waals surface area contributed by atoms with Crippen LogP contribution in [0, 0.1) is 5.82 Å². The molecule has 2 aromatic carbocycles. The molecule has 0 heterocycles. The first-order chi connectivity index (χ1) is 13.3. The molecule has 0 radical (unpaired) electrons. The van der Waals surface area contributed by atoms with Gasteiger partial charge in [-0.1, -0.05) is 17.7 Å². The number of nitrogens with zero attached hydrogens (tertiary/aromatic N) is 1. The van der Waals surface area contributed by atoms with E-state index in [1.54, 1.807) is 0 Å². The molecule has 8 heteroatoms. The molecular weight excluding hydrogens is 403 g/mol. The number of hydrogen-bond acceptors (Lipinski definition) is 3. The number of amides is 1. The van der Waals surface area contributed by atoms with Gasteiger partial charge < -0.3 is 5.32 Å². The van der Waals surface area contributed by atoms with Crippen LogP contribution < -0.4 is 5.32 Å². The van der Waals surface area contributed by atoms with Crippen molar-refractivity contribution in [3.63, 3.8) is 0 Å². The summed E-state index contributed by atoms with van der Waals surface area (Å²) in [5.74, 6) is -0.602. The molecule has 0 aromatic heterocycles. The fourth-order valence-electron chi connectivity index (χ4n) is 3.37. The summed E-state index contributed by atoms with van der Waals surface area (Å²) in [6, 6.07) is 10.4. The summed E-state index contributed by atoms with van der Waals surface area (Å²) in [4.78, 5) is 12.3. The Hall–Kier alpha value is -1.96. The molecule has 0 saturated heterocycles. The van der Waals surface area contributed by atoms with Crippen molar-refractivity contribution in [3.05, 3.63) is 64.4 Å². The lowest BCUT2D eigenvalue weighted by Gasteiger charge is -2.18. The Morgan fingerprint density at radius 2 is 1.96 bits per heavy atom. The molecule has 0 fully saturated rings. The SMILES string of the molecule is CN(CCCC(=O)NC1CCc2cc(Cl)ccc21)S(=O)(=O)c1ccc(F)cc1. The zero-order valence-electron chi connectivity index (χ0n) is 15.5. The number of hydrogen-bond donors (Lipinski definition) is 1. The summed E-state index contributed by atoms with van der Waals surface area (Å²) in [6.45, 7) is 0.198. The third kappa shape index (κ3) is 4.71. The summed E-state index contributed by atoms with van der Waals surface area (Å²) in [5, 5.41) is 3.70. The summed E-state index contributed by atoms with van der Waals surface area (Å²) in [5.41, 5.74) is 2.25. The van der Waals surface area contributed by atoms with Crippen LogP contribution in [-0.2, 0) is 21.2 Å². The van der Waals surface area contributed by atoms with Gasteiger partial charge in [0.25, 0.3) is 0 Å². The van der Waals surface area contributed by atoms with E-state index in [2.05, 4.69) is 5.32 Å². The topological polar surface area (TPSA) is 66.5 Å². The maximum atomic E-state index is 13.0. The molecule has 3 rings (SSSR count). The Balaban J connectivity index is 1.50. The molecule has 0 aliphatic heterocycles. The fourth-order valence-corrected chi connectivity index (χ4v) is 4.78. The third-order valence-corrected chi connectivity index (χ3v) is 7.02. The molecule has 2 aromatic rings. The van der Waals surface area contributed by atoms with E-state index in [0.29, 0.717) is 11.4 Å². The molecule has 0 spiro atoms. The number of benzene rings is 2. The van der Waals surface area contributed by atoms with Gasteiger partial charge in [0.2, 0.25) is 15.9 Å². The van der Waals surface area contributed by atoms with Gasteiger partial charge in [0.05, 0.1) is 10.9 Å². The van der Waals surface area contributed by atoms with Crippen LogP contribution in [-0.4, -0.2) is 32.2 Å². The van der Waals surface area contributed by atoms with Crippen LogP contribution in [0.3, 0.4) is 0 Å². The van der Waals surface area contributed by atoms with Gasteiger partial charge in [-0.15, -0.1) is 0 Å². The Kier molecular flexibility index (Phi) is 6.37. The van der Waals surface area contributed by atoms with Crippen LogP contribution in [0.5, 0.6) is 0 Å². The van der Waals surface area contributed by atoms with E-state index in [-0.39, 0.29) is 29.8 Å². The van der Waals surface area contributed by atoms with Crippen molar-refractivity contribution in [1.82, 2.24) is 9.62 Å². The van der Waals surface area contributed by atoms with Crippen molar-refractivity contribution in [2.24, 2.45) is 0 Å². The zero-order chi connectivity index (χ0) is 20.3. The van der Waals surface area contributed by atoms with Crippen molar-refractivity contribution < 1.29 is 17.6 Å². The molecule has 1 unspecified atom stereocenters. The second kappa shape index (κ2) is 8.59. The number of sulfonamides is 1. The van der Waals surface area contributed by atoms with E-state index in [1.807, 2.05) is 18.2 Å². The minimum atomic E-state index is -3.70. The predicted octanol–water partition coefficient (Wildman–Crippen LogP) is 3.68. The van der Waals surface area contributed by atoms with Crippen molar-refractivity contribution in [1.29, 1.82) is 0 Å². The van der Waals surface area contributed by atoms with Crippen molar-refractivity contribution >= 4 is 27.5 Å². The number of aryl methyl sites for hydroxylation is 1. The number of fused-ring (bicyclic) bond motifs is 1. The minimum absolute atomic E-state index is 0.0274. The molecule has 5 nitrogen and oxygen atoms in total. The molecule has 1 amide bonds. The highest BCUT2D eigenvalue weighted by atomic mass is 35.5. The van der Waals surface area contributed by atoms with E-state index in [9.17, 15) is 17.6 Å². The lowest BCUT2D eigenvalue weighted by atomic mass is 10.1. The van der Waals surface area contributed by atoms with Crippen LogP contribution >= 0.6 is 11.6 Å². The first kappa shape index (κ1) is 20.8. The van der Waals surface area contributed by atoms with Crippen molar-refractivity contribution in [2.45, 2.75) is 36.6 Å². The molecule has 150 valence electrons. The number of nitrogens with one attached hydrogen (secondary N) is 1. The Morgan fingerprint density at radius 3 is 2.68 bits per heavy atom. The van der Waals surface area contributed by atoms with Crippen LogP contribution in [0.25, 0.3) is 0 Å². The maximum absolute atomic E-state index is 13.0. The Labute approximate surface area is 169 Å². The van der Waals surface area contributed by atoms with Crippen molar-refractivity contribution in [2.75, 3.05) is 13.6 Å². The largest absolute Gasteiger partial charge is 0.349 e. The van der Waals surface area contributed by atoms with E-state index in [0.717, 1.165) is 36.1 Å². The molecule has 0 saturated carbocycles. The standard InChI is InChI=1S/C20H22ClFN2O3S/c1-24(28(26,27)17-8-6-16(22)7-9-17)12-2-3-20(25)23-19-11-4-14-13-15(21)5-10-18(14)19/h5-10,13,19H,2-4,11-12H2,1H3,(H,23,25). The molecular formula is C20H22ClFN2O3S. The van der Waals surface area contributed by atoms with E-state index < -0.39 is 15.8 Å². The highest BCUT2D eigenvalue weighted by molar-refractivity contribution is 7.89. The number of carbonyl (C=O) groups is 1. The highest BCUT2D eigenvalue weighted by Gasteiger charge is 2.24. The third-order valence-electron chi connectivity index (χ3n) is 4.92. The quantitative estimate of drug-likeness (QED) is 0.737. The van der Waals surface area contributed by atoms with Gasteiger partial charge in [-0.2, -0.15) is 0 Å². The summed E-state index contributed by atoms with van der Waals surface area (Å²) >= 11 is 6.00. The molecule has 1 N–H and O–H groups in total. The van der Waals surface area contributed by atoms with Gasteiger partial charge in [-0.25, -0.2) is 17.1 Å². The summed E-state index contributed by atoms with van der Waals surface area (Å²) < 4.78 is 39.1. The van der Waals surface area contributed by atoms with Crippen LogP contribution in [0.2, 0.25) is 5.02 Å². The van der Waals surface area contributed by atoms with Gasteiger partial charge in [0.15, 0.2) is 0 Å². The van der Waals surface area contributed by atoms with E-state index in [4.69, 9.17) is 11.6 Å². The van der Waals surface area contributed by atoms with Gasteiger partial charge in [-0.3, -0.25) is 4.79 Å². The van der Waals surface area contributed by atoms with Crippen molar-refractivity contribution in [3.8, 4) is 0 Å². The van der Waals surface area contributed by atoms with E-state index >= 15 is 0 Å². The average Bonchev–Trinajstić information content (AvgIpc) is 3.03. The van der Waals surface area contributed by atoms with E-state index in [1.165, 1.54) is 23.5 Å². The monoisotopic (exact) mass is 424 g/mol. The zero-order valence-corrected chi connectivity index (χ0v) is 17.1. The average molecular weight is 425 g/mol. The van der Waals surface area contributed by atoms with Gasteiger partial charge >= 0.3 is 0 Å². The van der Waals surface area contributed by atoms with Gasteiger partial charge in [-0.05, 0) is 66.8 Å². The Bertz CT molecular complexity index is 964.